The number of benzene rings is 1. The lowest BCUT2D eigenvalue weighted by atomic mass is 10.0. The molecule has 0 unspecified atom stereocenters. The summed E-state index contributed by atoms with van der Waals surface area (Å²) in [4.78, 5) is 11.9. The van der Waals surface area contributed by atoms with Crippen molar-refractivity contribution in [2.24, 2.45) is 0 Å². The lowest BCUT2D eigenvalue weighted by Gasteiger charge is -2.09. The molecule has 0 heterocycles. The first-order chi connectivity index (χ1) is 14.1. The fourth-order valence-corrected chi connectivity index (χ4v) is 3.55. The highest BCUT2D eigenvalue weighted by molar-refractivity contribution is 5.77. The lowest BCUT2D eigenvalue weighted by molar-refractivity contribution is -0.123. The van der Waals surface area contributed by atoms with Crippen LogP contribution in [0.5, 0.6) is 5.75 Å². The van der Waals surface area contributed by atoms with Crippen LogP contribution in [0.15, 0.2) is 18.2 Å². The first-order valence-corrected chi connectivity index (χ1v) is 12.1. The van der Waals surface area contributed by atoms with Crippen molar-refractivity contribution < 1.29 is 9.53 Å². The number of hydrogen-bond acceptors (Lipinski definition) is 2. The maximum atomic E-state index is 11.9. The molecule has 3 nitrogen and oxygen atoms in total. The van der Waals surface area contributed by atoms with Gasteiger partial charge in [0.15, 0.2) is 6.61 Å². The number of unbranched alkanes of at least 4 members (excludes halogenated alkanes) is 13. The molecule has 1 rings (SSSR count). The molecule has 0 radical (unpaired) electrons. The van der Waals surface area contributed by atoms with E-state index >= 15 is 0 Å². The van der Waals surface area contributed by atoms with E-state index in [1.54, 1.807) is 0 Å². The van der Waals surface area contributed by atoms with Gasteiger partial charge >= 0.3 is 0 Å². The molecule has 1 aromatic rings. The number of hydrogen-bond donors (Lipinski definition) is 1. The van der Waals surface area contributed by atoms with Gasteiger partial charge in [-0.05, 0) is 43.5 Å². The summed E-state index contributed by atoms with van der Waals surface area (Å²) in [7, 11) is 0. The summed E-state index contributed by atoms with van der Waals surface area (Å²) in [5.41, 5.74) is 2.42. The zero-order valence-electron chi connectivity index (χ0n) is 19.4. The minimum absolute atomic E-state index is 0.0297. The van der Waals surface area contributed by atoms with Crippen molar-refractivity contribution in [1.82, 2.24) is 5.32 Å². The predicted molar refractivity (Wildman–Crippen MR) is 125 cm³/mol. The fourth-order valence-electron chi connectivity index (χ4n) is 3.55. The van der Waals surface area contributed by atoms with E-state index in [0.717, 1.165) is 18.7 Å². The van der Waals surface area contributed by atoms with Gasteiger partial charge in [-0.2, -0.15) is 0 Å². The number of aryl methyl sites for hydroxylation is 2. The van der Waals surface area contributed by atoms with Gasteiger partial charge in [0, 0.05) is 6.54 Å². The average molecular weight is 404 g/mol. The van der Waals surface area contributed by atoms with Crippen LogP contribution in [0.4, 0.5) is 0 Å². The molecule has 0 saturated carbocycles. The smallest absolute Gasteiger partial charge is 0.257 e. The van der Waals surface area contributed by atoms with E-state index in [-0.39, 0.29) is 12.5 Å². The molecule has 0 saturated heterocycles. The van der Waals surface area contributed by atoms with Gasteiger partial charge < -0.3 is 10.1 Å². The molecule has 0 aromatic heterocycles. The maximum absolute atomic E-state index is 11.9. The Morgan fingerprint density at radius 3 is 1.79 bits per heavy atom. The molecule has 0 atom stereocenters. The summed E-state index contributed by atoms with van der Waals surface area (Å²) in [6.07, 6.45) is 18.9. The molecule has 1 amide bonds. The normalized spacial score (nSPS) is 10.9. The quantitative estimate of drug-likeness (QED) is 0.261. The maximum Gasteiger partial charge on any atom is 0.257 e. The van der Waals surface area contributed by atoms with Crippen LogP contribution in [-0.4, -0.2) is 19.1 Å². The molecule has 3 heteroatoms. The Bertz CT molecular complexity index is 542. The summed E-state index contributed by atoms with van der Waals surface area (Å²) in [5.74, 6) is 0.734. The van der Waals surface area contributed by atoms with Crippen LogP contribution in [0.1, 0.15) is 108 Å². The van der Waals surface area contributed by atoms with Gasteiger partial charge in [0.1, 0.15) is 5.75 Å². The van der Waals surface area contributed by atoms with E-state index in [9.17, 15) is 4.79 Å². The van der Waals surface area contributed by atoms with Crippen LogP contribution in [0.3, 0.4) is 0 Å². The van der Waals surface area contributed by atoms with Crippen LogP contribution >= 0.6 is 0 Å². The molecular formula is C26H45NO2. The highest BCUT2D eigenvalue weighted by atomic mass is 16.5. The van der Waals surface area contributed by atoms with Crippen LogP contribution in [0, 0.1) is 13.8 Å². The van der Waals surface area contributed by atoms with Gasteiger partial charge in [-0.1, -0.05) is 96.5 Å². The SMILES string of the molecule is CCCCCCCCCCCCCCCCNC(=O)COc1ccc(C)c(C)c1. The Hall–Kier alpha value is -1.51. The predicted octanol–water partition coefficient (Wildman–Crippen LogP) is 7.28. The second-order valence-electron chi connectivity index (χ2n) is 8.48. The zero-order valence-corrected chi connectivity index (χ0v) is 19.4. The molecule has 0 bridgehead atoms. The number of amides is 1. The minimum atomic E-state index is -0.0297. The third kappa shape index (κ3) is 14.2. The molecule has 0 spiro atoms. The minimum Gasteiger partial charge on any atom is -0.484 e. The molecule has 0 aliphatic rings. The summed E-state index contributed by atoms with van der Waals surface area (Å²) in [5, 5.41) is 2.96. The number of carbonyl (C=O) groups excluding carboxylic acids is 1. The van der Waals surface area contributed by atoms with Crippen molar-refractivity contribution >= 4 is 5.91 Å². The van der Waals surface area contributed by atoms with E-state index in [4.69, 9.17) is 4.74 Å². The van der Waals surface area contributed by atoms with Crippen LogP contribution in [-0.2, 0) is 4.79 Å². The first kappa shape index (κ1) is 25.5. The molecule has 0 aliphatic heterocycles. The number of nitrogens with one attached hydrogen (secondary N) is 1. The topological polar surface area (TPSA) is 38.3 Å². The fraction of sp³-hybridized carbons (Fsp3) is 0.731. The lowest BCUT2D eigenvalue weighted by Crippen LogP contribution is -2.29. The third-order valence-electron chi connectivity index (χ3n) is 5.70. The summed E-state index contributed by atoms with van der Waals surface area (Å²) in [6.45, 7) is 7.26. The Labute approximate surface area is 180 Å². The zero-order chi connectivity index (χ0) is 21.2. The van der Waals surface area contributed by atoms with Crippen LogP contribution < -0.4 is 10.1 Å². The monoisotopic (exact) mass is 403 g/mol. The van der Waals surface area contributed by atoms with E-state index in [2.05, 4.69) is 26.1 Å². The van der Waals surface area contributed by atoms with E-state index in [1.807, 2.05) is 18.2 Å². The Morgan fingerprint density at radius 1 is 0.759 bits per heavy atom. The van der Waals surface area contributed by atoms with E-state index < -0.39 is 0 Å². The largest absolute Gasteiger partial charge is 0.484 e. The Morgan fingerprint density at radius 2 is 1.28 bits per heavy atom. The number of carbonyl (C=O) groups is 1. The van der Waals surface area contributed by atoms with Crippen molar-refractivity contribution in [3.05, 3.63) is 29.3 Å². The number of ether oxygens (including phenoxy) is 1. The van der Waals surface area contributed by atoms with Crippen molar-refractivity contribution in [2.45, 2.75) is 111 Å². The van der Waals surface area contributed by atoms with Crippen molar-refractivity contribution in [3.63, 3.8) is 0 Å². The van der Waals surface area contributed by atoms with Gasteiger partial charge in [0.05, 0.1) is 0 Å². The van der Waals surface area contributed by atoms with E-state index in [0.29, 0.717) is 0 Å². The average Bonchev–Trinajstić information content (AvgIpc) is 2.71. The van der Waals surface area contributed by atoms with Gasteiger partial charge in [-0.15, -0.1) is 0 Å². The second-order valence-corrected chi connectivity index (χ2v) is 8.48. The summed E-state index contributed by atoms with van der Waals surface area (Å²) in [6, 6.07) is 5.93. The molecular weight excluding hydrogens is 358 g/mol. The van der Waals surface area contributed by atoms with Crippen molar-refractivity contribution in [2.75, 3.05) is 13.2 Å². The molecule has 1 aromatic carbocycles. The van der Waals surface area contributed by atoms with Crippen molar-refractivity contribution in [3.8, 4) is 5.75 Å². The van der Waals surface area contributed by atoms with Gasteiger partial charge in [0.25, 0.3) is 5.91 Å². The van der Waals surface area contributed by atoms with Crippen molar-refractivity contribution in [1.29, 1.82) is 0 Å². The third-order valence-corrected chi connectivity index (χ3v) is 5.70. The standard InChI is InChI=1S/C26H45NO2/c1-4-5-6-7-8-9-10-11-12-13-14-15-16-17-20-27-26(28)22-29-25-19-18-23(2)24(3)21-25/h18-19,21H,4-17,20,22H2,1-3H3,(H,27,28). The first-order valence-electron chi connectivity index (χ1n) is 12.1. The molecule has 0 fully saturated rings. The highest BCUT2D eigenvalue weighted by Gasteiger charge is 2.03. The van der Waals surface area contributed by atoms with Crippen LogP contribution in [0.25, 0.3) is 0 Å². The number of rotatable bonds is 18. The van der Waals surface area contributed by atoms with Gasteiger partial charge in [-0.25, -0.2) is 0 Å². The molecule has 1 N–H and O–H groups in total. The Kier molecular flexibility index (Phi) is 15.3. The second kappa shape index (κ2) is 17.4. The summed E-state index contributed by atoms with van der Waals surface area (Å²) >= 11 is 0. The van der Waals surface area contributed by atoms with Gasteiger partial charge in [-0.3, -0.25) is 4.79 Å². The van der Waals surface area contributed by atoms with Gasteiger partial charge in [0.2, 0.25) is 0 Å². The molecule has 166 valence electrons. The van der Waals surface area contributed by atoms with E-state index in [1.165, 1.54) is 94.6 Å². The molecule has 0 aliphatic carbocycles. The molecule has 29 heavy (non-hydrogen) atoms. The highest BCUT2D eigenvalue weighted by Crippen LogP contribution is 2.16. The Balaban J connectivity index is 1.84. The summed E-state index contributed by atoms with van der Waals surface area (Å²) < 4.78 is 5.57. The van der Waals surface area contributed by atoms with Crippen LogP contribution in [0.2, 0.25) is 0 Å².